The van der Waals surface area contributed by atoms with Gasteiger partial charge >= 0.3 is 0 Å². The SMILES string of the molecule is CCOc1cccc(Oc2ccc([C@@H](C)O)cc2Cl)c1. The van der Waals surface area contributed by atoms with Gasteiger partial charge in [-0.2, -0.15) is 0 Å². The first-order chi connectivity index (χ1) is 9.60. The van der Waals surface area contributed by atoms with Crippen LogP contribution in [0.4, 0.5) is 0 Å². The molecule has 0 aliphatic heterocycles. The Morgan fingerprint density at radius 2 is 1.90 bits per heavy atom. The summed E-state index contributed by atoms with van der Waals surface area (Å²) in [6, 6.07) is 12.6. The second-order valence-electron chi connectivity index (χ2n) is 4.38. The van der Waals surface area contributed by atoms with E-state index in [0.29, 0.717) is 23.1 Å². The van der Waals surface area contributed by atoms with E-state index >= 15 is 0 Å². The molecule has 0 spiro atoms. The Hall–Kier alpha value is -1.71. The van der Waals surface area contributed by atoms with Crippen molar-refractivity contribution in [3.63, 3.8) is 0 Å². The van der Waals surface area contributed by atoms with Gasteiger partial charge in [0.1, 0.15) is 17.2 Å². The molecule has 0 bridgehead atoms. The van der Waals surface area contributed by atoms with Crippen molar-refractivity contribution >= 4 is 11.6 Å². The fraction of sp³-hybridized carbons (Fsp3) is 0.250. The van der Waals surface area contributed by atoms with Crippen LogP contribution in [0.15, 0.2) is 42.5 Å². The first-order valence-corrected chi connectivity index (χ1v) is 6.86. The molecule has 3 nitrogen and oxygen atoms in total. The first kappa shape index (κ1) is 14.7. The molecular weight excluding hydrogens is 276 g/mol. The zero-order valence-corrected chi connectivity index (χ0v) is 12.2. The quantitative estimate of drug-likeness (QED) is 0.876. The summed E-state index contributed by atoms with van der Waals surface area (Å²) in [7, 11) is 0. The van der Waals surface area contributed by atoms with Crippen LogP contribution in [0.5, 0.6) is 17.2 Å². The Morgan fingerprint density at radius 1 is 1.15 bits per heavy atom. The number of benzene rings is 2. The average molecular weight is 293 g/mol. The molecule has 0 unspecified atom stereocenters. The van der Waals surface area contributed by atoms with Crippen molar-refractivity contribution in [2.24, 2.45) is 0 Å². The van der Waals surface area contributed by atoms with Gasteiger partial charge in [0.25, 0.3) is 0 Å². The van der Waals surface area contributed by atoms with Gasteiger partial charge in [-0.25, -0.2) is 0 Å². The highest BCUT2D eigenvalue weighted by Gasteiger charge is 2.08. The van der Waals surface area contributed by atoms with Crippen molar-refractivity contribution in [3.05, 3.63) is 53.1 Å². The summed E-state index contributed by atoms with van der Waals surface area (Å²) in [5, 5.41) is 9.97. The van der Waals surface area contributed by atoms with E-state index in [1.807, 2.05) is 31.2 Å². The Balaban J connectivity index is 2.19. The lowest BCUT2D eigenvalue weighted by Gasteiger charge is -2.11. The predicted molar refractivity (Wildman–Crippen MR) is 79.8 cm³/mol. The van der Waals surface area contributed by atoms with Crippen molar-refractivity contribution in [1.29, 1.82) is 0 Å². The van der Waals surface area contributed by atoms with E-state index in [4.69, 9.17) is 21.1 Å². The maximum atomic E-state index is 9.51. The highest BCUT2D eigenvalue weighted by atomic mass is 35.5. The van der Waals surface area contributed by atoms with Crippen LogP contribution in [0.2, 0.25) is 5.02 Å². The van der Waals surface area contributed by atoms with Gasteiger partial charge in [-0.15, -0.1) is 0 Å². The number of rotatable bonds is 5. The lowest BCUT2D eigenvalue weighted by atomic mass is 10.1. The van der Waals surface area contributed by atoms with Crippen LogP contribution in [-0.2, 0) is 0 Å². The molecular formula is C16H17ClO3. The molecule has 0 aromatic heterocycles. The highest BCUT2D eigenvalue weighted by Crippen LogP contribution is 2.32. The van der Waals surface area contributed by atoms with Crippen LogP contribution in [0.25, 0.3) is 0 Å². The lowest BCUT2D eigenvalue weighted by molar-refractivity contribution is 0.199. The fourth-order valence-corrected chi connectivity index (χ4v) is 2.01. The monoisotopic (exact) mass is 292 g/mol. The van der Waals surface area contributed by atoms with Crippen LogP contribution < -0.4 is 9.47 Å². The van der Waals surface area contributed by atoms with E-state index in [1.54, 1.807) is 25.1 Å². The van der Waals surface area contributed by atoms with Crippen LogP contribution in [0, 0.1) is 0 Å². The Bertz CT molecular complexity index is 582. The number of hydrogen-bond donors (Lipinski definition) is 1. The zero-order chi connectivity index (χ0) is 14.5. The van der Waals surface area contributed by atoms with E-state index < -0.39 is 6.10 Å². The molecule has 106 valence electrons. The molecule has 0 radical (unpaired) electrons. The molecule has 0 aliphatic carbocycles. The van der Waals surface area contributed by atoms with Crippen LogP contribution in [0.3, 0.4) is 0 Å². The van der Waals surface area contributed by atoms with Gasteiger partial charge in [0, 0.05) is 6.07 Å². The summed E-state index contributed by atoms with van der Waals surface area (Å²) in [4.78, 5) is 0. The van der Waals surface area contributed by atoms with Gasteiger partial charge in [0.05, 0.1) is 17.7 Å². The molecule has 0 heterocycles. The second-order valence-corrected chi connectivity index (χ2v) is 4.78. The van der Waals surface area contributed by atoms with Crippen molar-refractivity contribution in [3.8, 4) is 17.2 Å². The minimum absolute atomic E-state index is 0.463. The Morgan fingerprint density at radius 3 is 2.55 bits per heavy atom. The average Bonchev–Trinajstić information content (AvgIpc) is 2.42. The van der Waals surface area contributed by atoms with Crippen molar-refractivity contribution in [2.75, 3.05) is 6.61 Å². The summed E-state index contributed by atoms with van der Waals surface area (Å²) in [6.07, 6.45) is -0.553. The summed E-state index contributed by atoms with van der Waals surface area (Å²) >= 11 is 6.16. The predicted octanol–water partition coefficient (Wildman–Crippen LogP) is 4.58. The topological polar surface area (TPSA) is 38.7 Å². The molecule has 2 rings (SSSR count). The van der Waals surface area contributed by atoms with Crippen LogP contribution in [-0.4, -0.2) is 11.7 Å². The number of hydrogen-bond acceptors (Lipinski definition) is 3. The van der Waals surface area contributed by atoms with E-state index in [1.165, 1.54) is 0 Å². The first-order valence-electron chi connectivity index (χ1n) is 6.48. The number of halogens is 1. The molecule has 1 atom stereocenters. The lowest BCUT2D eigenvalue weighted by Crippen LogP contribution is -1.93. The minimum Gasteiger partial charge on any atom is -0.494 e. The molecule has 0 amide bonds. The zero-order valence-electron chi connectivity index (χ0n) is 11.5. The standard InChI is InChI=1S/C16H17ClO3/c1-3-19-13-5-4-6-14(10-13)20-16-8-7-12(11(2)18)9-15(16)17/h4-11,18H,3H2,1-2H3/t11-/m1/s1. The molecule has 0 aliphatic rings. The summed E-state index contributed by atoms with van der Waals surface area (Å²) in [5.74, 6) is 1.95. The van der Waals surface area contributed by atoms with E-state index in [-0.39, 0.29) is 0 Å². The third kappa shape index (κ3) is 3.65. The van der Waals surface area contributed by atoms with Crippen molar-refractivity contribution in [2.45, 2.75) is 20.0 Å². The Kier molecular flexibility index (Phi) is 4.88. The molecule has 1 N–H and O–H groups in total. The van der Waals surface area contributed by atoms with E-state index in [9.17, 15) is 5.11 Å². The maximum absolute atomic E-state index is 9.51. The van der Waals surface area contributed by atoms with Gasteiger partial charge in [0.2, 0.25) is 0 Å². The van der Waals surface area contributed by atoms with E-state index in [0.717, 1.165) is 11.3 Å². The maximum Gasteiger partial charge on any atom is 0.146 e. The van der Waals surface area contributed by atoms with Gasteiger partial charge in [-0.05, 0) is 43.7 Å². The molecule has 4 heteroatoms. The van der Waals surface area contributed by atoms with Crippen molar-refractivity contribution < 1.29 is 14.6 Å². The third-order valence-electron chi connectivity index (χ3n) is 2.78. The third-order valence-corrected chi connectivity index (χ3v) is 3.08. The number of aliphatic hydroxyl groups is 1. The van der Waals surface area contributed by atoms with Gasteiger partial charge in [-0.3, -0.25) is 0 Å². The molecule has 2 aromatic rings. The molecule has 0 saturated carbocycles. The second kappa shape index (κ2) is 6.64. The van der Waals surface area contributed by atoms with Gasteiger partial charge in [0.15, 0.2) is 0 Å². The fourth-order valence-electron chi connectivity index (χ4n) is 1.78. The van der Waals surface area contributed by atoms with Gasteiger partial charge < -0.3 is 14.6 Å². The normalized spacial score (nSPS) is 12.0. The number of ether oxygens (including phenoxy) is 2. The molecule has 0 saturated heterocycles. The van der Waals surface area contributed by atoms with Gasteiger partial charge in [-0.1, -0.05) is 23.7 Å². The summed E-state index contributed by atoms with van der Waals surface area (Å²) in [6.45, 7) is 4.23. The molecule has 0 fully saturated rings. The summed E-state index contributed by atoms with van der Waals surface area (Å²) in [5.41, 5.74) is 0.755. The van der Waals surface area contributed by atoms with Crippen LogP contribution in [0.1, 0.15) is 25.5 Å². The van der Waals surface area contributed by atoms with Crippen molar-refractivity contribution in [1.82, 2.24) is 0 Å². The van der Waals surface area contributed by atoms with E-state index in [2.05, 4.69) is 0 Å². The molecule has 20 heavy (non-hydrogen) atoms. The number of aliphatic hydroxyl groups excluding tert-OH is 1. The highest BCUT2D eigenvalue weighted by molar-refractivity contribution is 6.32. The van der Waals surface area contributed by atoms with Crippen LogP contribution >= 0.6 is 11.6 Å². The Labute approximate surface area is 123 Å². The minimum atomic E-state index is -0.553. The molecule has 2 aromatic carbocycles. The smallest absolute Gasteiger partial charge is 0.146 e. The largest absolute Gasteiger partial charge is 0.494 e. The summed E-state index contributed by atoms with van der Waals surface area (Å²) < 4.78 is 11.2.